The van der Waals surface area contributed by atoms with E-state index < -0.39 is 16.1 Å². The summed E-state index contributed by atoms with van der Waals surface area (Å²) in [7, 11) is -3.71. The molecule has 2 aromatic carbocycles. The van der Waals surface area contributed by atoms with Crippen molar-refractivity contribution in [3.63, 3.8) is 0 Å². The van der Waals surface area contributed by atoms with E-state index in [1.807, 2.05) is 31.2 Å². The normalized spacial score (nSPS) is 12.3. The number of halogens is 1. The van der Waals surface area contributed by atoms with Gasteiger partial charge in [-0.1, -0.05) is 42.3 Å². The maximum Gasteiger partial charge on any atom is 0.244 e. The molecule has 29 heavy (non-hydrogen) atoms. The van der Waals surface area contributed by atoms with Gasteiger partial charge in [0, 0.05) is 5.02 Å². The van der Waals surface area contributed by atoms with E-state index in [9.17, 15) is 13.2 Å². The highest BCUT2D eigenvalue weighted by molar-refractivity contribution is 7.92. The zero-order valence-electron chi connectivity index (χ0n) is 17.1. The van der Waals surface area contributed by atoms with Crippen LogP contribution in [0.1, 0.15) is 24.5 Å². The molecular weight excluding hydrogens is 412 g/mol. The van der Waals surface area contributed by atoms with Gasteiger partial charge in [-0.3, -0.25) is 9.10 Å². The van der Waals surface area contributed by atoms with Crippen LogP contribution in [-0.4, -0.2) is 39.8 Å². The number of anilines is 1. The minimum absolute atomic E-state index is 0.259. The molecule has 1 amide bonds. The predicted octanol–water partition coefficient (Wildman–Crippen LogP) is 3.70. The number of carbonyl (C=O) groups excluding carboxylic acids is 1. The molecule has 2 rings (SSSR count). The number of rotatable bonds is 9. The first-order valence-electron chi connectivity index (χ1n) is 9.36. The molecule has 8 heteroatoms. The Hall–Kier alpha value is -2.25. The van der Waals surface area contributed by atoms with Gasteiger partial charge >= 0.3 is 0 Å². The Morgan fingerprint density at radius 2 is 1.83 bits per heavy atom. The largest absolute Gasteiger partial charge is 0.492 e. The van der Waals surface area contributed by atoms with Gasteiger partial charge in [-0.25, -0.2) is 8.42 Å². The number of benzene rings is 2. The van der Waals surface area contributed by atoms with Crippen LogP contribution in [-0.2, 0) is 14.8 Å². The third-order valence-electron chi connectivity index (χ3n) is 4.43. The van der Waals surface area contributed by atoms with Crippen LogP contribution in [0.2, 0.25) is 5.02 Å². The number of aryl methyl sites for hydroxylation is 2. The summed E-state index contributed by atoms with van der Waals surface area (Å²) in [6.45, 7) is 6.08. The van der Waals surface area contributed by atoms with Crippen molar-refractivity contribution < 1.29 is 17.9 Å². The van der Waals surface area contributed by atoms with Crippen molar-refractivity contribution in [3.05, 3.63) is 58.6 Å². The van der Waals surface area contributed by atoms with Gasteiger partial charge in [0.1, 0.15) is 18.4 Å². The van der Waals surface area contributed by atoms with Crippen LogP contribution in [0.25, 0.3) is 0 Å². The Morgan fingerprint density at radius 1 is 1.17 bits per heavy atom. The highest BCUT2D eigenvalue weighted by Gasteiger charge is 2.32. The number of nitrogens with one attached hydrogen (secondary N) is 1. The number of carbonyl (C=O) groups is 1. The van der Waals surface area contributed by atoms with Crippen molar-refractivity contribution in [2.24, 2.45) is 0 Å². The highest BCUT2D eigenvalue weighted by atomic mass is 35.5. The van der Waals surface area contributed by atoms with Gasteiger partial charge in [-0.05, 0) is 50.1 Å². The van der Waals surface area contributed by atoms with Crippen molar-refractivity contribution in [3.8, 4) is 5.75 Å². The second kappa shape index (κ2) is 9.98. The molecule has 0 aromatic heterocycles. The number of nitrogens with zero attached hydrogens (tertiary/aromatic N) is 1. The molecule has 1 atom stereocenters. The molecule has 0 fully saturated rings. The fourth-order valence-electron chi connectivity index (χ4n) is 2.95. The molecule has 0 spiro atoms. The lowest BCUT2D eigenvalue weighted by Crippen LogP contribution is -2.50. The summed E-state index contributed by atoms with van der Waals surface area (Å²) < 4.78 is 31.8. The Balaban J connectivity index is 2.10. The van der Waals surface area contributed by atoms with E-state index in [2.05, 4.69) is 5.32 Å². The summed E-state index contributed by atoms with van der Waals surface area (Å²) >= 11 is 6.07. The summed E-state index contributed by atoms with van der Waals surface area (Å²) in [6, 6.07) is 11.7. The van der Waals surface area contributed by atoms with E-state index in [4.69, 9.17) is 16.3 Å². The zero-order valence-corrected chi connectivity index (χ0v) is 18.7. The Kier molecular flexibility index (Phi) is 7.93. The molecule has 0 unspecified atom stereocenters. The molecular formula is C21H27ClN2O4S. The smallest absolute Gasteiger partial charge is 0.244 e. The summed E-state index contributed by atoms with van der Waals surface area (Å²) in [5.74, 6) is 0.328. The fourth-order valence-corrected chi connectivity index (χ4v) is 4.38. The second-order valence-corrected chi connectivity index (χ2v) is 9.16. The molecule has 2 aromatic rings. The van der Waals surface area contributed by atoms with E-state index in [1.165, 1.54) is 0 Å². The van der Waals surface area contributed by atoms with E-state index in [0.29, 0.717) is 28.4 Å². The third kappa shape index (κ3) is 6.37. The zero-order chi connectivity index (χ0) is 21.6. The Bertz CT molecular complexity index is 946. The molecule has 0 aliphatic heterocycles. The van der Waals surface area contributed by atoms with Crippen molar-refractivity contribution in [1.29, 1.82) is 0 Å². The SMILES string of the molecule is CC[C@@H](C(=O)NCCOc1ccc(C)cc1)N(c1cc(Cl)ccc1C)S(C)(=O)=O. The van der Waals surface area contributed by atoms with Gasteiger partial charge < -0.3 is 10.1 Å². The monoisotopic (exact) mass is 438 g/mol. The average Bonchev–Trinajstić information content (AvgIpc) is 2.65. The minimum atomic E-state index is -3.71. The molecule has 0 aliphatic carbocycles. The van der Waals surface area contributed by atoms with Crippen LogP contribution in [0.15, 0.2) is 42.5 Å². The van der Waals surface area contributed by atoms with Gasteiger partial charge in [0.05, 0.1) is 18.5 Å². The Labute approximate surface area is 177 Å². The molecule has 0 radical (unpaired) electrons. The first-order chi connectivity index (χ1) is 13.6. The molecule has 6 nitrogen and oxygen atoms in total. The van der Waals surface area contributed by atoms with Crippen LogP contribution >= 0.6 is 11.6 Å². The number of hydrogen-bond acceptors (Lipinski definition) is 4. The average molecular weight is 439 g/mol. The summed E-state index contributed by atoms with van der Waals surface area (Å²) in [5.41, 5.74) is 2.25. The Morgan fingerprint density at radius 3 is 2.41 bits per heavy atom. The summed E-state index contributed by atoms with van der Waals surface area (Å²) in [4.78, 5) is 12.8. The first-order valence-corrected chi connectivity index (χ1v) is 11.6. The van der Waals surface area contributed by atoms with Crippen LogP contribution in [0.4, 0.5) is 5.69 Å². The quantitative estimate of drug-likeness (QED) is 0.606. The number of sulfonamides is 1. The van der Waals surface area contributed by atoms with E-state index in [0.717, 1.165) is 16.1 Å². The third-order valence-corrected chi connectivity index (χ3v) is 5.83. The lowest BCUT2D eigenvalue weighted by molar-refractivity contribution is -0.122. The van der Waals surface area contributed by atoms with Crippen molar-refractivity contribution in [1.82, 2.24) is 5.32 Å². The summed E-state index contributed by atoms with van der Waals surface area (Å²) in [6.07, 6.45) is 1.40. The molecule has 0 bridgehead atoms. The maximum absolute atomic E-state index is 12.8. The van der Waals surface area contributed by atoms with Crippen LogP contribution < -0.4 is 14.4 Å². The molecule has 0 heterocycles. The second-order valence-electron chi connectivity index (χ2n) is 6.87. The molecule has 0 saturated heterocycles. The number of ether oxygens (including phenoxy) is 1. The van der Waals surface area contributed by atoms with Gasteiger partial charge in [0.25, 0.3) is 0 Å². The maximum atomic E-state index is 12.8. The van der Waals surface area contributed by atoms with Gasteiger partial charge in [-0.2, -0.15) is 0 Å². The standard InChI is InChI=1S/C21H27ClN2O4S/c1-5-19(21(25)23-12-13-28-18-10-6-15(2)7-11-18)24(29(4,26)27)20-14-17(22)9-8-16(20)3/h6-11,14,19H,5,12-13H2,1-4H3,(H,23,25)/t19-/m0/s1. The lowest BCUT2D eigenvalue weighted by Gasteiger charge is -2.31. The van der Waals surface area contributed by atoms with E-state index in [-0.39, 0.29) is 19.1 Å². The fraction of sp³-hybridized carbons (Fsp3) is 0.381. The highest BCUT2D eigenvalue weighted by Crippen LogP contribution is 2.29. The topological polar surface area (TPSA) is 75.7 Å². The van der Waals surface area contributed by atoms with Crippen LogP contribution in [0.3, 0.4) is 0 Å². The minimum Gasteiger partial charge on any atom is -0.492 e. The van der Waals surface area contributed by atoms with E-state index in [1.54, 1.807) is 32.0 Å². The predicted molar refractivity (Wildman–Crippen MR) is 117 cm³/mol. The number of amides is 1. The van der Waals surface area contributed by atoms with Crippen molar-refractivity contribution >= 4 is 33.2 Å². The molecule has 0 saturated carbocycles. The molecule has 158 valence electrons. The van der Waals surface area contributed by atoms with Crippen LogP contribution in [0, 0.1) is 13.8 Å². The van der Waals surface area contributed by atoms with E-state index >= 15 is 0 Å². The van der Waals surface area contributed by atoms with Crippen molar-refractivity contribution in [2.75, 3.05) is 23.7 Å². The van der Waals surface area contributed by atoms with Gasteiger partial charge in [-0.15, -0.1) is 0 Å². The molecule has 1 N–H and O–H groups in total. The lowest BCUT2D eigenvalue weighted by atomic mass is 10.1. The van der Waals surface area contributed by atoms with Gasteiger partial charge in [0.2, 0.25) is 15.9 Å². The van der Waals surface area contributed by atoms with Crippen molar-refractivity contribution in [2.45, 2.75) is 33.2 Å². The first kappa shape index (κ1) is 23.0. The molecule has 0 aliphatic rings. The summed E-state index contributed by atoms with van der Waals surface area (Å²) in [5, 5.41) is 3.17. The van der Waals surface area contributed by atoms with Gasteiger partial charge in [0.15, 0.2) is 0 Å². The number of hydrogen-bond donors (Lipinski definition) is 1. The van der Waals surface area contributed by atoms with Crippen LogP contribution in [0.5, 0.6) is 5.75 Å².